The summed E-state index contributed by atoms with van der Waals surface area (Å²) < 4.78 is 23.1. The van der Waals surface area contributed by atoms with Gasteiger partial charge in [-0.05, 0) is 25.0 Å². The van der Waals surface area contributed by atoms with Crippen LogP contribution in [0.5, 0.6) is 0 Å². The van der Waals surface area contributed by atoms with Crippen LogP contribution in [0.4, 0.5) is 5.82 Å². The zero-order valence-electron chi connectivity index (χ0n) is 10.3. The fourth-order valence-electron chi connectivity index (χ4n) is 2.14. The van der Waals surface area contributed by atoms with E-state index in [4.69, 9.17) is 0 Å². The van der Waals surface area contributed by atoms with Crippen molar-refractivity contribution in [2.75, 3.05) is 29.5 Å². The average Bonchev–Trinajstić information content (AvgIpc) is 2.50. The van der Waals surface area contributed by atoms with Gasteiger partial charge in [0.15, 0.2) is 16.1 Å². The van der Waals surface area contributed by atoms with Gasteiger partial charge < -0.3 is 4.90 Å². The van der Waals surface area contributed by atoms with Crippen LogP contribution in [0.15, 0.2) is 12.3 Å². The van der Waals surface area contributed by atoms with E-state index in [1.165, 1.54) is 6.20 Å². The summed E-state index contributed by atoms with van der Waals surface area (Å²) >= 11 is 0. The highest BCUT2D eigenvalue weighted by molar-refractivity contribution is 7.91. The van der Waals surface area contributed by atoms with Gasteiger partial charge in [0.1, 0.15) is 5.82 Å². The topological polar surface area (TPSA) is 67.3 Å². The van der Waals surface area contributed by atoms with Crippen LogP contribution in [-0.4, -0.2) is 44.3 Å². The molecule has 1 fully saturated rings. The van der Waals surface area contributed by atoms with Crippen molar-refractivity contribution in [1.29, 1.82) is 0 Å². The van der Waals surface area contributed by atoms with E-state index in [0.717, 1.165) is 17.7 Å². The van der Waals surface area contributed by atoms with Crippen molar-refractivity contribution in [2.45, 2.75) is 13.3 Å². The zero-order chi connectivity index (χ0) is 13.2. The Hall–Kier alpha value is -1.43. The lowest BCUT2D eigenvalue weighted by Crippen LogP contribution is -2.28. The molecule has 0 amide bonds. The summed E-state index contributed by atoms with van der Waals surface area (Å²) in [5.74, 6) is 1.19. The van der Waals surface area contributed by atoms with Crippen LogP contribution in [0, 0.1) is 6.92 Å². The number of hydrogen-bond acceptors (Lipinski definition) is 5. The number of carbonyl (C=O) groups is 1. The second kappa shape index (κ2) is 5.06. The van der Waals surface area contributed by atoms with Gasteiger partial charge in [0.2, 0.25) is 0 Å². The number of aromatic nitrogens is 1. The molecule has 0 aromatic carbocycles. The Kier molecular flexibility index (Phi) is 3.65. The third kappa shape index (κ3) is 2.87. The van der Waals surface area contributed by atoms with Crippen molar-refractivity contribution in [1.82, 2.24) is 4.98 Å². The quantitative estimate of drug-likeness (QED) is 0.743. The Morgan fingerprint density at radius 3 is 2.78 bits per heavy atom. The molecule has 98 valence electrons. The molecule has 0 radical (unpaired) electrons. The summed E-state index contributed by atoms with van der Waals surface area (Å²) in [6, 6.07) is 1.77. The minimum atomic E-state index is -2.91. The molecule has 1 aromatic rings. The number of carbonyl (C=O) groups excluding carboxylic acids is 1. The monoisotopic (exact) mass is 268 g/mol. The first-order valence-corrected chi connectivity index (χ1v) is 7.71. The SMILES string of the molecule is Cc1cc(C=O)cnc1N1CCCS(=O)(=O)CC1. The molecule has 0 aliphatic carbocycles. The fraction of sp³-hybridized carbons (Fsp3) is 0.500. The largest absolute Gasteiger partial charge is 0.355 e. The third-order valence-corrected chi connectivity index (χ3v) is 4.78. The number of rotatable bonds is 2. The lowest BCUT2D eigenvalue weighted by atomic mass is 10.2. The molecule has 1 aromatic heterocycles. The van der Waals surface area contributed by atoms with Crippen LogP contribution in [0.25, 0.3) is 0 Å². The average molecular weight is 268 g/mol. The Bertz CT molecular complexity index is 554. The first-order valence-electron chi connectivity index (χ1n) is 5.89. The number of sulfone groups is 1. The van der Waals surface area contributed by atoms with Gasteiger partial charge in [0.25, 0.3) is 0 Å². The molecule has 0 atom stereocenters. The number of nitrogens with zero attached hydrogens (tertiary/aromatic N) is 2. The summed E-state index contributed by atoms with van der Waals surface area (Å²) in [5.41, 5.74) is 1.44. The highest BCUT2D eigenvalue weighted by atomic mass is 32.2. The van der Waals surface area contributed by atoms with E-state index >= 15 is 0 Å². The third-order valence-electron chi connectivity index (χ3n) is 3.06. The van der Waals surface area contributed by atoms with Crippen LogP contribution < -0.4 is 4.90 Å². The first-order chi connectivity index (χ1) is 8.52. The lowest BCUT2D eigenvalue weighted by Gasteiger charge is -2.22. The minimum absolute atomic E-state index is 0.170. The molecule has 0 spiro atoms. The fourth-order valence-corrected chi connectivity index (χ4v) is 3.41. The van der Waals surface area contributed by atoms with Gasteiger partial charge in [0.05, 0.1) is 11.5 Å². The summed E-state index contributed by atoms with van der Waals surface area (Å²) in [4.78, 5) is 16.9. The number of anilines is 1. The Morgan fingerprint density at radius 1 is 1.33 bits per heavy atom. The maximum Gasteiger partial charge on any atom is 0.152 e. The number of hydrogen-bond donors (Lipinski definition) is 0. The van der Waals surface area contributed by atoms with E-state index in [0.29, 0.717) is 25.1 Å². The van der Waals surface area contributed by atoms with Crippen LogP contribution in [-0.2, 0) is 9.84 Å². The van der Waals surface area contributed by atoms with Gasteiger partial charge in [-0.15, -0.1) is 0 Å². The molecule has 0 bridgehead atoms. The summed E-state index contributed by atoms with van der Waals surface area (Å²) in [5, 5.41) is 0. The van der Waals surface area contributed by atoms with Crippen LogP contribution in [0.1, 0.15) is 22.3 Å². The Morgan fingerprint density at radius 2 is 2.11 bits per heavy atom. The van der Waals surface area contributed by atoms with E-state index in [9.17, 15) is 13.2 Å². The molecule has 18 heavy (non-hydrogen) atoms. The van der Waals surface area contributed by atoms with E-state index < -0.39 is 9.84 Å². The summed E-state index contributed by atoms with van der Waals surface area (Å²) in [7, 11) is -2.91. The van der Waals surface area contributed by atoms with Crippen molar-refractivity contribution < 1.29 is 13.2 Å². The van der Waals surface area contributed by atoms with Gasteiger partial charge in [-0.2, -0.15) is 0 Å². The summed E-state index contributed by atoms with van der Waals surface area (Å²) in [6.45, 7) is 3.04. The van der Waals surface area contributed by atoms with Crippen LogP contribution in [0.3, 0.4) is 0 Å². The van der Waals surface area contributed by atoms with Gasteiger partial charge in [0, 0.05) is 24.8 Å². The van der Waals surface area contributed by atoms with E-state index in [1.807, 2.05) is 11.8 Å². The molecule has 1 aliphatic rings. The van der Waals surface area contributed by atoms with Crippen LogP contribution >= 0.6 is 0 Å². The molecular formula is C12H16N2O3S. The smallest absolute Gasteiger partial charge is 0.152 e. The zero-order valence-corrected chi connectivity index (χ0v) is 11.1. The van der Waals surface area contributed by atoms with Crippen molar-refractivity contribution in [3.63, 3.8) is 0 Å². The van der Waals surface area contributed by atoms with Crippen molar-refractivity contribution in [3.05, 3.63) is 23.4 Å². The molecule has 1 saturated heterocycles. The predicted octanol–water partition coefficient (Wildman–Crippen LogP) is 0.827. The number of aryl methyl sites for hydroxylation is 1. The van der Waals surface area contributed by atoms with Crippen LogP contribution in [0.2, 0.25) is 0 Å². The molecule has 0 saturated carbocycles. The van der Waals surface area contributed by atoms with Gasteiger partial charge >= 0.3 is 0 Å². The summed E-state index contributed by atoms with van der Waals surface area (Å²) in [6.07, 6.45) is 2.91. The second-order valence-corrected chi connectivity index (χ2v) is 6.82. The lowest BCUT2D eigenvalue weighted by molar-refractivity contribution is 0.112. The predicted molar refractivity (Wildman–Crippen MR) is 69.8 cm³/mol. The second-order valence-electron chi connectivity index (χ2n) is 4.52. The van der Waals surface area contributed by atoms with Gasteiger partial charge in [-0.1, -0.05) is 0 Å². The molecule has 0 N–H and O–H groups in total. The molecular weight excluding hydrogens is 252 g/mol. The molecule has 5 nitrogen and oxygen atoms in total. The van der Waals surface area contributed by atoms with Gasteiger partial charge in [-0.25, -0.2) is 13.4 Å². The van der Waals surface area contributed by atoms with E-state index in [1.54, 1.807) is 6.07 Å². The van der Waals surface area contributed by atoms with Crippen molar-refractivity contribution in [3.8, 4) is 0 Å². The van der Waals surface area contributed by atoms with Crippen molar-refractivity contribution in [2.24, 2.45) is 0 Å². The number of aldehydes is 1. The highest BCUT2D eigenvalue weighted by Crippen LogP contribution is 2.19. The minimum Gasteiger partial charge on any atom is -0.355 e. The Balaban J connectivity index is 2.24. The highest BCUT2D eigenvalue weighted by Gasteiger charge is 2.20. The Labute approximate surface area is 107 Å². The maximum atomic E-state index is 11.5. The molecule has 2 rings (SSSR count). The first kappa shape index (κ1) is 13.0. The normalized spacial score (nSPS) is 19.3. The number of pyridine rings is 1. The molecule has 1 aliphatic heterocycles. The van der Waals surface area contributed by atoms with Crippen molar-refractivity contribution >= 4 is 21.9 Å². The molecule has 2 heterocycles. The van der Waals surface area contributed by atoms with E-state index in [-0.39, 0.29) is 11.5 Å². The molecule has 6 heteroatoms. The van der Waals surface area contributed by atoms with E-state index in [2.05, 4.69) is 4.98 Å². The van der Waals surface area contributed by atoms with Gasteiger partial charge in [-0.3, -0.25) is 4.79 Å². The maximum absolute atomic E-state index is 11.5. The standard InChI is InChI=1S/C12H16N2O3S/c1-10-7-11(9-15)8-13-12(10)14-3-2-5-18(16,17)6-4-14/h7-9H,2-6H2,1H3. The molecule has 0 unspecified atom stereocenters.